The van der Waals surface area contributed by atoms with E-state index in [-0.39, 0.29) is 13.2 Å². The maximum Gasteiger partial charge on any atom is 0.186 e. The summed E-state index contributed by atoms with van der Waals surface area (Å²) in [5, 5.41) is 60.1. The van der Waals surface area contributed by atoms with Crippen molar-refractivity contribution in [2.75, 3.05) is 13.2 Å². The van der Waals surface area contributed by atoms with Crippen LogP contribution >= 0.6 is 0 Å². The van der Waals surface area contributed by atoms with Gasteiger partial charge in [-0.15, -0.1) is 0 Å². The summed E-state index contributed by atoms with van der Waals surface area (Å²) in [5.41, 5.74) is 1.03. The highest BCUT2D eigenvalue weighted by Crippen LogP contribution is 2.26. The van der Waals surface area contributed by atoms with Crippen molar-refractivity contribution in [3.8, 4) is 0 Å². The maximum atomic E-state index is 10.2. The SMILES string of the molecule is C[C@@H]1OC(OC[C@H]2O[C@@H](OCCc3ccccc3)[C@H](O)[C@@H](O)[C@@H]2O)[C@H](O)[C@H](O)[C@H]1O. The molecule has 10 heteroatoms. The molecule has 1 unspecified atom stereocenters. The van der Waals surface area contributed by atoms with Crippen LogP contribution in [0.25, 0.3) is 0 Å². The lowest BCUT2D eigenvalue weighted by Crippen LogP contribution is -2.61. The van der Waals surface area contributed by atoms with Crippen molar-refractivity contribution in [1.29, 1.82) is 0 Å². The van der Waals surface area contributed by atoms with E-state index in [2.05, 4.69) is 0 Å². The van der Waals surface area contributed by atoms with Gasteiger partial charge >= 0.3 is 0 Å². The number of aliphatic hydroxyl groups is 6. The zero-order valence-corrected chi connectivity index (χ0v) is 16.6. The first-order valence-corrected chi connectivity index (χ1v) is 9.96. The van der Waals surface area contributed by atoms with Crippen LogP contribution in [0.2, 0.25) is 0 Å². The van der Waals surface area contributed by atoms with Crippen LogP contribution in [-0.4, -0.2) is 105 Å². The number of ether oxygens (including phenoxy) is 4. The predicted octanol–water partition coefficient (Wildman–Crippen LogP) is -2.10. The number of rotatable bonds is 7. The average molecular weight is 430 g/mol. The van der Waals surface area contributed by atoms with Crippen LogP contribution in [0.15, 0.2) is 30.3 Å². The topological polar surface area (TPSA) is 158 Å². The van der Waals surface area contributed by atoms with Gasteiger partial charge in [-0.2, -0.15) is 0 Å². The van der Waals surface area contributed by atoms with Crippen LogP contribution in [0, 0.1) is 0 Å². The molecular weight excluding hydrogens is 400 g/mol. The van der Waals surface area contributed by atoms with Crippen LogP contribution in [-0.2, 0) is 25.4 Å². The van der Waals surface area contributed by atoms with Crippen LogP contribution in [0.3, 0.4) is 0 Å². The van der Waals surface area contributed by atoms with Gasteiger partial charge in [-0.05, 0) is 18.9 Å². The molecule has 1 aromatic rings. The highest BCUT2D eigenvalue weighted by molar-refractivity contribution is 5.14. The molecule has 2 heterocycles. The van der Waals surface area contributed by atoms with Crippen molar-refractivity contribution in [1.82, 2.24) is 0 Å². The molecule has 0 aromatic heterocycles. The minimum atomic E-state index is -1.53. The van der Waals surface area contributed by atoms with E-state index in [1.165, 1.54) is 6.92 Å². The Kier molecular flexibility index (Phi) is 8.16. The van der Waals surface area contributed by atoms with E-state index < -0.39 is 61.4 Å². The van der Waals surface area contributed by atoms with Gasteiger partial charge in [0.15, 0.2) is 12.6 Å². The summed E-state index contributed by atoms with van der Waals surface area (Å²) in [5.74, 6) is 0. The third kappa shape index (κ3) is 5.35. The molecule has 3 rings (SSSR count). The first kappa shape index (κ1) is 23.5. The molecule has 6 N–H and O–H groups in total. The van der Waals surface area contributed by atoms with Crippen molar-refractivity contribution in [3.05, 3.63) is 35.9 Å². The Morgan fingerprint density at radius 2 is 1.33 bits per heavy atom. The molecule has 1 aromatic carbocycles. The van der Waals surface area contributed by atoms with Gasteiger partial charge in [0.05, 0.1) is 19.3 Å². The Hall–Kier alpha value is -1.18. The lowest BCUT2D eigenvalue weighted by molar-refractivity contribution is -0.327. The smallest absolute Gasteiger partial charge is 0.186 e. The van der Waals surface area contributed by atoms with Crippen molar-refractivity contribution in [2.45, 2.75) is 74.8 Å². The second kappa shape index (κ2) is 10.4. The number of benzene rings is 1. The summed E-state index contributed by atoms with van der Waals surface area (Å²) in [4.78, 5) is 0. The second-order valence-electron chi connectivity index (χ2n) is 7.64. The van der Waals surface area contributed by atoms with Crippen molar-refractivity contribution in [3.63, 3.8) is 0 Å². The van der Waals surface area contributed by atoms with Gasteiger partial charge in [0, 0.05) is 0 Å². The summed E-state index contributed by atoms with van der Waals surface area (Å²) < 4.78 is 21.9. The predicted molar refractivity (Wildman–Crippen MR) is 101 cm³/mol. The summed E-state index contributed by atoms with van der Waals surface area (Å²) in [6.45, 7) is 1.41. The fourth-order valence-corrected chi connectivity index (χ4v) is 3.47. The number of hydrogen-bond donors (Lipinski definition) is 6. The molecule has 0 aliphatic carbocycles. The lowest BCUT2D eigenvalue weighted by Gasteiger charge is -2.42. The quantitative estimate of drug-likeness (QED) is 0.283. The summed E-state index contributed by atoms with van der Waals surface area (Å²) in [7, 11) is 0. The zero-order chi connectivity index (χ0) is 21.8. The molecule has 0 spiro atoms. The van der Waals surface area contributed by atoms with E-state index >= 15 is 0 Å². The van der Waals surface area contributed by atoms with E-state index in [9.17, 15) is 30.6 Å². The highest BCUT2D eigenvalue weighted by Gasteiger charge is 2.46. The Morgan fingerprint density at radius 1 is 0.733 bits per heavy atom. The van der Waals surface area contributed by atoms with Crippen molar-refractivity contribution in [2.24, 2.45) is 0 Å². The number of hydrogen-bond acceptors (Lipinski definition) is 10. The molecule has 0 amide bonds. The summed E-state index contributed by atoms with van der Waals surface area (Å²) >= 11 is 0. The largest absolute Gasteiger partial charge is 0.388 e. The zero-order valence-electron chi connectivity index (χ0n) is 16.6. The third-order valence-electron chi connectivity index (χ3n) is 5.42. The van der Waals surface area contributed by atoms with E-state index in [4.69, 9.17) is 18.9 Å². The first-order valence-electron chi connectivity index (χ1n) is 9.96. The average Bonchev–Trinajstić information content (AvgIpc) is 2.75. The molecule has 2 aliphatic heterocycles. The molecule has 0 radical (unpaired) electrons. The minimum Gasteiger partial charge on any atom is -0.388 e. The standard InChI is InChI=1S/C20H30O10/c1-10-13(21)15(23)17(25)20(29-10)28-9-12-14(22)16(24)18(26)19(30-12)27-8-7-11-5-3-2-4-6-11/h2-6,10,12-26H,7-9H2,1H3/t10-,12+,13-,14+,15+,16-,17+,18+,19+,20?/m0/s1. The van der Waals surface area contributed by atoms with E-state index in [1.54, 1.807) is 0 Å². The van der Waals surface area contributed by atoms with E-state index in [1.807, 2.05) is 30.3 Å². The molecular formula is C20H30O10. The molecule has 0 saturated carbocycles. The first-order chi connectivity index (χ1) is 14.3. The van der Waals surface area contributed by atoms with Crippen LogP contribution in [0.1, 0.15) is 12.5 Å². The van der Waals surface area contributed by atoms with Gasteiger partial charge in [0.25, 0.3) is 0 Å². The Labute approximate surface area is 174 Å². The van der Waals surface area contributed by atoms with Crippen LogP contribution < -0.4 is 0 Å². The van der Waals surface area contributed by atoms with E-state index in [0.717, 1.165) is 5.56 Å². The summed E-state index contributed by atoms with van der Waals surface area (Å²) in [6, 6.07) is 9.55. The van der Waals surface area contributed by atoms with Crippen molar-refractivity contribution < 1.29 is 49.6 Å². The summed E-state index contributed by atoms with van der Waals surface area (Å²) in [6.07, 6.45) is -12.5. The van der Waals surface area contributed by atoms with Gasteiger partial charge in [0.2, 0.25) is 0 Å². The molecule has 10 nitrogen and oxygen atoms in total. The molecule has 2 fully saturated rings. The van der Waals surface area contributed by atoms with Gasteiger partial charge in [0.1, 0.15) is 42.7 Å². The van der Waals surface area contributed by atoms with Gasteiger partial charge in [-0.25, -0.2) is 0 Å². The molecule has 30 heavy (non-hydrogen) atoms. The van der Waals surface area contributed by atoms with Gasteiger partial charge < -0.3 is 49.6 Å². The molecule has 10 atom stereocenters. The Morgan fingerprint density at radius 3 is 2.00 bits per heavy atom. The Balaban J connectivity index is 1.53. The lowest BCUT2D eigenvalue weighted by atomic mass is 9.98. The third-order valence-corrected chi connectivity index (χ3v) is 5.42. The normalized spacial score (nSPS) is 42.2. The van der Waals surface area contributed by atoms with E-state index in [0.29, 0.717) is 6.42 Å². The van der Waals surface area contributed by atoms with Crippen LogP contribution in [0.4, 0.5) is 0 Å². The Bertz CT molecular complexity index is 646. The highest BCUT2D eigenvalue weighted by atomic mass is 16.7. The van der Waals surface area contributed by atoms with Gasteiger partial charge in [-0.1, -0.05) is 30.3 Å². The maximum absolute atomic E-state index is 10.2. The van der Waals surface area contributed by atoms with Gasteiger partial charge in [-0.3, -0.25) is 0 Å². The second-order valence-corrected chi connectivity index (χ2v) is 7.64. The van der Waals surface area contributed by atoms with Crippen LogP contribution in [0.5, 0.6) is 0 Å². The molecule has 2 aliphatic rings. The molecule has 170 valence electrons. The molecule has 0 bridgehead atoms. The number of aliphatic hydroxyl groups excluding tert-OH is 6. The fraction of sp³-hybridized carbons (Fsp3) is 0.700. The van der Waals surface area contributed by atoms with Crippen molar-refractivity contribution >= 4 is 0 Å². The molecule has 2 saturated heterocycles. The minimum absolute atomic E-state index is 0.216. The monoisotopic (exact) mass is 430 g/mol. The fourth-order valence-electron chi connectivity index (χ4n) is 3.47.